The molecule has 0 radical (unpaired) electrons. The van der Waals surface area contributed by atoms with Gasteiger partial charge in [0.05, 0.1) is 0 Å². The Morgan fingerprint density at radius 2 is 1.90 bits per heavy atom. The maximum Gasteiger partial charge on any atom is 0.257 e. The third kappa shape index (κ3) is 6.23. The van der Waals surface area contributed by atoms with E-state index in [4.69, 9.17) is 22.1 Å². The standard InChI is InChI=1S/C23H27ClN2O3/c24-19-9-10-21(20(14-19)17-6-2-1-3-7-17)29-15-22(27)26-12-11-16-5-4-8-18(13-16)23(25)28/h4-5,8-10,13-14,17H,1-3,6-7,11-12,15H2,(H2,25,28)(H,26,27). The summed E-state index contributed by atoms with van der Waals surface area (Å²) in [5.41, 5.74) is 7.81. The topological polar surface area (TPSA) is 81.4 Å². The largest absolute Gasteiger partial charge is 0.483 e. The van der Waals surface area contributed by atoms with E-state index < -0.39 is 5.91 Å². The van der Waals surface area contributed by atoms with Crippen LogP contribution in [0.5, 0.6) is 5.75 Å². The van der Waals surface area contributed by atoms with Crippen LogP contribution in [0.3, 0.4) is 0 Å². The molecule has 0 saturated heterocycles. The van der Waals surface area contributed by atoms with Crippen molar-refractivity contribution in [2.24, 2.45) is 5.73 Å². The second kappa shape index (κ2) is 10.3. The third-order valence-electron chi connectivity index (χ3n) is 5.32. The van der Waals surface area contributed by atoms with Crippen LogP contribution < -0.4 is 15.8 Å². The minimum Gasteiger partial charge on any atom is -0.483 e. The summed E-state index contributed by atoms with van der Waals surface area (Å²) in [6.07, 6.45) is 6.59. The molecule has 2 amide bonds. The zero-order valence-electron chi connectivity index (χ0n) is 16.5. The van der Waals surface area contributed by atoms with Crippen LogP contribution in [-0.4, -0.2) is 25.0 Å². The smallest absolute Gasteiger partial charge is 0.257 e. The molecule has 2 aromatic carbocycles. The van der Waals surface area contributed by atoms with E-state index in [0.717, 1.165) is 29.7 Å². The molecule has 1 saturated carbocycles. The Bertz CT molecular complexity index is 863. The first kappa shape index (κ1) is 21.2. The van der Waals surface area contributed by atoms with Gasteiger partial charge in [0.15, 0.2) is 6.61 Å². The van der Waals surface area contributed by atoms with E-state index in [1.54, 1.807) is 24.3 Å². The number of rotatable bonds is 8. The van der Waals surface area contributed by atoms with Crippen LogP contribution in [0.2, 0.25) is 5.02 Å². The fraction of sp³-hybridized carbons (Fsp3) is 0.391. The zero-order chi connectivity index (χ0) is 20.6. The molecule has 0 bridgehead atoms. The molecule has 0 heterocycles. The van der Waals surface area contributed by atoms with E-state index in [0.29, 0.717) is 29.5 Å². The predicted molar refractivity (Wildman–Crippen MR) is 114 cm³/mol. The number of amides is 2. The Hall–Kier alpha value is -2.53. The van der Waals surface area contributed by atoms with Crippen molar-refractivity contribution >= 4 is 23.4 Å². The van der Waals surface area contributed by atoms with E-state index in [1.807, 2.05) is 18.2 Å². The summed E-state index contributed by atoms with van der Waals surface area (Å²) in [6.45, 7) is 0.420. The quantitative estimate of drug-likeness (QED) is 0.678. The minimum absolute atomic E-state index is 0.0390. The van der Waals surface area contributed by atoms with Crippen molar-refractivity contribution < 1.29 is 14.3 Å². The van der Waals surface area contributed by atoms with Crippen LogP contribution in [0.25, 0.3) is 0 Å². The van der Waals surface area contributed by atoms with Crippen LogP contribution in [0.1, 0.15) is 59.5 Å². The zero-order valence-corrected chi connectivity index (χ0v) is 17.2. The van der Waals surface area contributed by atoms with E-state index in [-0.39, 0.29) is 12.5 Å². The number of hydrogen-bond donors (Lipinski definition) is 2. The van der Waals surface area contributed by atoms with Gasteiger partial charge in [-0.2, -0.15) is 0 Å². The number of halogens is 1. The Balaban J connectivity index is 1.50. The van der Waals surface area contributed by atoms with Gasteiger partial charge in [-0.3, -0.25) is 9.59 Å². The second-order valence-corrected chi connectivity index (χ2v) is 7.91. The molecule has 1 fully saturated rings. The molecule has 6 heteroatoms. The number of hydrogen-bond acceptors (Lipinski definition) is 3. The lowest BCUT2D eigenvalue weighted by Gasteiger charge is -2.24. The molecule has 154 valence electrons. The van der Waals surface area contributed by atoms with E-state index in [9.17, 15) is 9.59 Å². The summed E-state index contributed by atoms with van der Waals surface area (Å²) >= 11 is 6.19. The van der Waals surface area contributed by atoms with Gasteiger partial charge >= 0.3 is 0 Å². The molecule has 3 N–H and O–H groups in total. The van der Waals surface area contributed by atoms with Crippen LogP contribution in [0.15, 0.2) is 42.5 Å². The lowest BCUT2D eigenvalue weighted by Crippen LogP contribution is -2.30. The number of nitrogens with one attached hydrogen (secondary N) is 1. The molecule has 1 aliphatic carbocycles. The highest BCUT2D eigenvalue weighted by Crippen LogP contribution is 2.38. The van der Waals surface area contributed by atoms with Gasteiger partial charge in [0.1, 0.15) is 5.75 Å². The number of carbonyl (C=O) groups excluding carboxylic acids is 2. The van der Waals surface area contributed by atoms with Gasteiger partial charge < -0.3 is 15.8 Å². The average Bonchev–Trinajstić information content (AvgIpc) is 2.73. The highest BCUT2D eigenvalue weighted by molar-refractivity contribution is 6.30. The highest BCUT2D eigenvalue weighted by Gasteiger charge is 2.20. The molecule has 2 aromatic rings. The van der Waals surface area contributed by atoms with Gasteiger partial charge in [-0.05, 0) is 66.6 Å². The molecule has 3 rings (SSSR count). The predicted octanol–water partition coefficient (Wildman–Crippen LogP) is 4.22. The summed E-state index contributed by atoms with van der Waals surface area (Å²) in [5, 5.41) is 3.55. The minimum atomic E-state index is -0.457. The fourth-order valence-electron chi connectivity index (χ4n) is 3.80. The Kier molecular flexibility index (Phi) is 7.53. The number of primary amides is 1. The first-order valence-electron chi connectivity index (χ1n) is 10.1. The summed E-state index contributed by atoms with van der Waals surface area (Å²) in [7, 11) is 0. The number of carbonyl (C=O) groups is 2. The maximum absolute atomic E-state index is 12.2. The fourth-order valence-corrected chi connectivity index (χ4v) is 3.98. The van der Waals surface area contributed by atoms with Crippen molar-refractivity contribution in [3.63, 3.8) is 0 Å². The normalized spacial score (nSPS) is 14.4. The average molecular weight is 415 g/mol. The highest BCUT2D eigenvalue weighted by atomic mass is 35.5. The van der Waals surface area contributed by atoms with Crippen molar-refractivity contribution in [2.45, 2.75) is 44.4 Å². The first-order chi connectivity index (χ1) is 14.0. The van der Waals surface area contributed by atoms with Gasteiger partial charge in [0.25, 0.3) is 5.91 Å². The monoisotopic (exact) mass is 414 g/mol. The molecule has 0 unspecified atom stereocenters. The number of nitrogens with two attached hydrogens (primary N) is 1. The molecule has 0 atom stereocenters. The van der Waals surface area contributed by atoms with Crippen molar-refractivity contribution in [2.75, 3.05) is 13.2 Å². The van der Waals surface area contributed by atoms with Crippen molar-refractivity contribution in [3.8, 4) is 5.75 Å². The molecule has 1 aliphatic rings. The number of benzene rings is 2. The Morgan fingerprint density at radius 3 is 2.66 bits per heavy atom. The lowest BCUT2D eigenvalue weighted by atomic mass is 9.84. The Labute approximate surface area is 176 Å². The summed E-state index contributed by atoms with van der Waals surface area (Å²) in [6, 6.07) is 12.7. The number of ether oxygens (including phenoxy) is 1. The van der Waals surface area contributed by atoms with Crippen LogP contribution in [0.4, 0.5) is 0 Å². The van der Waals surface area contributed by atoms with Gasteiger partial charge in [-0.25, -0.2) is 0 Å². The molecule has 5 nitrogen and oxygen atoms in total. The van der Waals surface area contributed by atoms with Crippen molar-refractivity contribution in [1.29, 1.82) is 0 Å². The van der Waals surface area contributed by atoms with Crippen LogP contribution in [-0.2, 0) is 11.2 Å². The molecular formula is C23H27ClN2O3. The van der Waals surface area contributed by atoms with Gasteiger partial charge in [-0.1, -0.05) is 43.0 Å². The van der Waals surface area contributed by atoms with E-state index >= 15 is 0 Å². The summed E-state index contributed by atoms with van der Waals surface area (Å²) in [5.74, 6) is 0.547. The van der Waals surface area contributed by atoms with Crippen molar-refractivity contribution in [1.82, 2.24) is 5.32 Å². The SMILES string of the molecule is NC(=O)c1cccc(CCNC(=O)COc2ccc(Cl)cc2C2CCCCC2)c1. The second-order valence-electron chi connectivity index (χ2n) is 7.47. The summed E-state index contributed by atoms with van der Waals surface area (Å²) < 4.78 is 5.83. The van der Waals surface area contributed by atoms with Gasteiger partial charge in [0, 0.05) is 17.1 Å². The Morgan fingerprint density at radius 1 is 1.10 bits per heavy atom. The van der Waals surface area contributed by atoms with Crippen molar-refractivity contribution in [3.05, 3.63) is 64.2 Å². The van der Waals surface area contributed by atoms with E-state index in [2.05, 4.69) is 5.32 Å². The maximum atomic E-state index is 12.2. The molecule has 0 aromatic heterocycles. The molecular weight excluding hydrogens is 388 g/mol. The first-order valence-corrected chi connectivity index (χ1v) is 10.5. The van der Waals surface area contributed by atoms with Crippen LogP contribution in [0, 0.1) is 0 Å². The summed E-state index contributed by atoms with van der Waals surface area (Å²) in [4.78, 5) is 23.4. The molecule has 0 aliphatic heterocycles. The van der Waals surface area contributed by atoms with E-state index in [1.165, 1.54) is 19.3 Å². The molecule has 29 heavy (non-hydrogen) atoms. The molecule has 0 spiro atoms. The van der Waals surface area contributed by atoms with Gasteiger partial charge in [0.2, 0.25) is 5.91 Å². The van der Waals surface area contributed by atoms with Gasteiger partial charge in [-0.15, -0.1) is 0 Å². The lowest BCUT2D eigenvalue weighted by molar-refractivity contribution is -0.123. The van der Waals surface area contributed by atoms with Crippen LogP contribution >= 0.6 is 11.6 Å². The third-order valence-corrected chi connectivity index (χ3v) is 5.56.